The van der Waals surface area contributed by atoms with Gasteiger partial charge in [-0.15, -0.1) is 11.3 Å². The average Bonchev–Trinajstić information content (AvgIpc) is 2.77. The Morgan fingerprint density at radius 1 is 1.39 bits per heavy atom. The quantitative estimate of drug-likeness (QED) is 0.912. The van der Waals surface area contributed by atoms with E-state index < -0.39 is 0 Å². The molecule has 0 saturated carbocycles. The number of rotatable bonds is 4. The van der Waals surface area contributed by atoms with Crippen LogP contribution in [0.5, 0.6) is 0 Å². The number of hydrogen-bond acceptors (Lipinski definition) is 3. The predicted octanol–water partition coefficient (Wildman–Crippen LogP) is 4.26. The second kappa shape index (κ2) is 6.02. The summed E-state index contributed by atoms with van der Waals surface area (Å²) in [6.45, 7) is 2.01. The summed E-state index contributed by atoms with van der Waals surface area (Å²) in [7, 11) is 1.93. The van der Waals surface area contributed by atoms with Crippen molar-refractivity contribution in [1.82, 2.24) is 10.3 Å². The maximum absolute atomic E-state index is 6.19. The summed E-state index contributed by atoms with van der Waals surface area (Å²) < 4.78 is 0. The zero-order valence-electron chi connectivity index (χ0n) is 10.2. The molecule has 0 bridgehead atoms. The molecule has 1 unspecified atom stereocenters. The van der Waals surface area contributed by atoms with Crippen molar-refractivity contribution in [2.75, 3.05) is 7.05 Å². The van der Waals surface area contributed by atoms with Gasteiger partial charge < -0.3 is 5.32 Å². The summed E-state index contributed by atoms with van der Waals surface area (Å²) in [5.74, 6) is 0. The summed E-state index contributed by atoms with van der Waals surface area (Å²) in [5.41, 5.74) is 2.09. The fourth-order valence-electron chi connectivity index (χ4n) is 1.81. The molecule has 18 heavy (non-hydrogen) atoms. The van der Waals surface area contributed by atoms with Gasteiger partial charge in [0.2, 0.25) is 0 Å². The lowest BCUT2D eigenvalue weighted by Crippen LogP contribution is -2.19. The van der Waals surface area contributed by atoms with E-state index in [9.17, 15) is 0 Å². The highest BCUT2D eigenvalue weighted by molar-refractivity contribution is 7.09. The lowest BCUT2D eigenvalue weighted by molar-refractivity contribution is 0.578. The summed E-state index contributed by atoms with van der Waals surface area (Å²) in [6, 6.07) is 5.70. The van der Waals surface area contributed by atoms with Crippen LogP contribution in [0.25, 0.3) is 0 Å². The third kappa shape index (κ3) is 3.23. The molecular weight excluding hydrogens is 287 g/mol. The van der Waals surface area contributed by atoms with Crippen LogP contribution >= 0.6 is 34.5 Å². The molecule has 0 aliphatic carbocycles. The first kappa shape index (κ1) is 13.8. The molecule has 0 fully saturated rings. The van der Waals surface area contributed by atoms with Gasteiger partial charge in [-0.1, -0.05) is 23.2 Å². The number of aromatic nitrogens is 1. The van der Waals surface area contributed by atoms with Crippen LogP contribution < -0.4 is 5.32 Å². The number of thiazole rings is 1. The molecule has 1 aromatic heterocycles. The van der Waals surface area contributed by atoms with Crippen LogP contribution in [-0.2, 0) is 6.42 Å². The van der Waals surface area contributed by atoms with Gasteiger partial charge in [-0.25, -0.2) is 4.98 Å². The standard InChI is InChI=1S/C13H14Cl2N2S/c1-8-17-13(7-18-8)12(16-2)6-9-5-10(14)3-4-11(9)15/h3-5,7,12,16H,6H2,1-2H3. The number of nitrogens with zero attached hydrogens (tertiary/aromatic N) is 1. The Morgan fingerprint density at radius 2 is 2.17 bits per heavy atom. The van der Waals surface area contributed by atoms with Gasteiger partial charge in [-0.05, 0) is 44.2 Å². The Bertz CT molecular complexity index is 540. The number of aryl methyl sites for hydroxylation is 1. The molecular formula is C13H14Cl2N2S. The molecule has 0 aliphatic heterocycles. The molecule has 2 aromatic rings. The molecule has 0 radical (unpaired) electrons. The summed E-state index contributed by atoms with van der Waals surface area (Å²) in [6.07, 6.45) is 0.777. The second-order valence-corrected chi connectivity index (χ2v) is 5.98. The highest BCUT2D eigenvalue weighted by Gasteiger charge is 2.15. The highest BCUT2D eigenvalue weighted by atomic mass is 35.5. The minimum Gasteiger partial charge on any atom is -0.311 e. The van der Waals surface area contributed by atoms with Crippen LogP contribution in [-0.4, -0.2) is 12.0 Å². The van der Waals surface area contributed by atoms with E-state index in [1.165, 1.54) is 0 Å². The molecule has 2 nitrogen and oxygen atoms in total. The molecule has 2 rings (SSSR count). The number of halogens is 2. The molecule has 1 aromatic carbocycles. The minimum absolute atomic E-state index is 0.158. The molecule has 96 valence electrons. The Kier molecular flexibility index (Phi) is 4.62. The van der Waals surface area contributed by atoms with E-state index in [0.717, 1.165) is 27.7 Å². The van der Waals surface area contributed by atoms with Gasteiger partial charge in [0.15, 0.2) is 0 Å². The smallest absolute Gasteiger partial charge is 0.0898 e. The molecule has 5 heteroatoms. The Morgan fingerprint density at radius 3 is 2.78 bits per heavy atom. The van der Waals surface area contributed by atoms with Crippen LogP contribution in [0, 0.1) is 6.92 Å². The van der Waals surface area contributed by atoms with E-state index in [1.54, 1.807) is 17.4 Å². The third-order valence-corrected chi connectivity index (χ3v) is 4.17. The fraction of sp³-hybridized carbons (Fsp3) is 0.308. The van der Waals surface area contributed by atoms with E-state index in [1.807, 2.05) is 26.1 Å². The van der Waals surface area contributed by atoms with Crippen LogP contribution in [0.4, 0.5) is 0 Å². The van der Waals surface area contributed by atoms with Crippen LogP contribution in [0.1, 0.15) is 22.3 Å². The maximum atomic E-state index is 6.19. The summed E-state index contributed by atoms with van der Waals surface area (Å²) >= 11 is 13.8. The molecule has 0 aliphatic rings. The first-order chi connectivity index (χ1) is 8.60. The van der Waals surface area contributed by atoms with Gasteiger partial charge in [0.25, 0.3) is 0 Å². The number of hydrogen-bond donors (Lipinski definition) is 1. The maximum Gasteiger partial charge on any atom is 0.0898 e. The normalized spacial score (nSPS) is 12.7. The van der Waals surface area contributed by atoms with Crippen molar-refractivity contribution in [3.05, 3.63) is 49.9 Å². The van der Waals surface area contributed by atoms with Crippen molar-refractivity contribution in [2.24, 2.45) is 0 Å². The van der Waals surface area contributed by atoms with Crippen molar-refractivity contribution in [2.45, 2.75) is 19.4 Å². The van der Waals surface area contributed by atoms with Crippen molar-refractivity contribution >= 4 is 34.5 Å². The largest absolute Gasteiger partial charge is 0.311 e. The average molecular weight is 301 g/mol. The molecule has 1 atom stereocenters. The Labute approximate surface area is 121 Å². The number of benzene rings is 1. The van der Waals surface area contributed by atoms with E-state index in [-0.39, 0.29) is 6.04 Å². The lowest BCUT2D eigenvalue weighted by atomic mass is 10.0. The summed E-state index contributed by atoms with van der Waals surface area (Å²) in [5, 5.41) is 7.87. The van der Waals surface area contributed by atoms with Gasteiger partial charge in [0.05, 0.1) is 16.7 Å². The van der Waals surface area contributed by atoms with Crippen LogP contribution in [0.3, 0.4) is 0 Å². The predicted molar refractivity (Wildman–Crippen MR) is 78.8 cm³/mol. The second-order valence-electron chi connectivity index (χ2n) is 4.07. The molecule has 1 N–H and O–H groups in total. The van der Waals surface area contributed by atoms with Gasteiger partial charge in [0.1, 0.15) is 0 Å². The van der Waals surface area contributed by atoms with E-state index in [2.05, 4.69) is 15.7 Å². The third-order valence-electron chi connectivity index (χ3n) is 2.77. The first-order valence-corrected chi connectivity index (χ1v) is 7.27. The topological polar surface area (TPSA) is 24.9 Å². The van der Waals surface area contributed by atoms with Crippen molar-refractivity contribution < 1.29 is 0 Å². The fourth-order valence-corrected chi connectivity index (χ4v) is 2.87. The van der Waals surface area contributed by atoms with Gasteiger partial charge >= 0.3 is 0 Å². The first-order valence-electron chi connectivity index (χ1n) is 5.63. The molecule has 0 spiro atoms. The zero-order valence-corrected chi connectivity index (χ0v) is 12.5. The van der Waals surface area contributed by atoms with Gasteiger partial charge in [0, 0.05) is 15.4 Å². The van der Waals surface area contributed by atoms with E-state index >= 15 is 0 Å². The SMILES string of the molecule is CNC(Cc1cc(Cl)ccc1Cl)c1csc(C)n1. The zero-order chi connectivity index (χ0) is 13.1. The van der Waals surface area contributed by atoms with Crippen molar-refractivity contribution in [3.8, 4) is 0 Å². The molecule has 0 saturated heterocycles. The molecule has 1 heterocycles. The number of nitrogens with one attached hydrogen (secondary N) is 1. The van der Waals surface area contributed by atoms with Crippen molar-refractivity contribution in [3.63, 3.8) is 0 Å². The minimum atomic E-state index is 0.158. The Hall–Kier alpha value is -0.610. The van der Waals surface area contributed by atoms with Crippen LogP contribution in [0.2, 0.25) is 10.0 Å². The Balaban J connectivity index is 2.22. The van der Waals surface area contributed by atoms with Crippen molar-refractivity contribution in [1.29, 1.82) is 0 Å². The lowest BCUT2D eigenvalue weighted by Gasteiger charge is -2.15. The van der Waals surface area contributed by atoms with E-state index in [4.69, 9.17) is 23.2 Å². The van der Waals surface area contributed by atoms with Crippen LogP contribution in [0.15, 0.2) is 23.6 Å². The number of likely N-dealkylation sites (N-methyl/N-ethyl adjacent to an activating group) is 1. The van der Waals surface area contributed by atoms with E-state index in [0.29, 0.717) is 5.02 Å². The summed E-state index contributed by atoms with van der Waals surface area (Å²) in [4.78, 5) is 4.51. The monoisotopic (exact) mass is 300 g/mol. The molecule has 0 amide bonds. The highest BCUT2D eigenvalue weighted by Crippen LogP contribution is 2.26. The van der Waals surface area contributed by atoms with Gasteiger partial charge in [-0.3, -0.25) is 0 Å². The van der Waals surface area contributed by atoms with Gasteiger partial charge in [-0.2, -0.15) is 0 Å².